The second-order valence-corrected chi connectivity index (χ2v) is 6.56. The largest absolute Gasteiger partial charge is 0.312 e. The van der Waals surface area contributed by atoms with Gasteiger partial charge in [0.25, 0.3) is 0 Å². The minimum Gasteiger partial charge on any atom is -0.312 e. The molecule has 0 aliphatic heterocycles. The molecular formula is C16H17BrFNS. The van der Waals surface area contributed by atoms with Gasteiger partial charge in [-0.05, 0) is 48.1 Å². The SMILES string of the molecule is CNC(CSc1cccc(C)c1)c1cccc(Br)c1F. The summed E-state index contributed by atoms with van der Waals surface area (Å²) in [7, 11) is 1.86. The van der Waals surface area contributed by atoms with Gasteiger partial charge in [-0.25, -0.2) is 4.39 Å². The predicted molar refractivity (Wildman–Crippen MR) is 87.8 cm³/mol. The van der Waals surface area contributed by atoms with Gasteiger partial charge < -0.3 is 5.32 Å². The summed E-state index contributed by atoms with van der Waals surface area (Å²) in [6.45, 7) is 2.08. The lowest BCUT2D eigenvalue weighted by molar-refractivity contribution is 0.561. The number of thioether (sulfide) groups is 1. The van der Waals surface area contributed by atoms with Gasteiger partial charge in [-0.2, -0.15) is 0 Å². The molecule has 1 atom stereocenters. The van der Waals surface area contributed by atoms with E-state index in [2.05, 4.69) is 46.4 Å². The highest BCUT2D eigenvalue weighted by Gasteiger charge is 2.16. The predicted octanol–water partition coefficient (Wildman–Crippen LogP) is 4.95. The number of hydrogen-bond donors (Lipinski definition) is 1. The third-order valence-corrected chi connectivity index (χ3v) is 4.81. The highest BCUT2D eigenvalue weighted by molar-refractivity contribution is 9.10. The lowest BCUT2D eigenvalue weighted by Gasteiger charge is -2.17. The highest BCUT2D eigenvalue weighted by atomic mass is 79.9. The summed E-state index contributed by atoms with van der Waals surface area (Å²) in [5.41, 5.74) is 1.94. The Bertz CT molecular complexity index is 588. The Morgan fingerprint density at radius 3 is 2.70 bits per heavy atom. The molecule has 106 valence electrons. The fraction of sp³-hybridized carbons (Fsp3) is 0.250. The maximum atomic E-state index is 14.1. The Morgan fingerprint density at radius 2 is 2.00 bits per heavy atom. The van der Waals surface area contributed by atoms with Gasteiger partial charge in [0.1, 0.15) is 5.82 Å². The summed E-state index contributed by atoms with van der Waals surface area (Å²) in [5, 5.41) is 3.19. The molecule has 4 heteroatoms. The average Bonchev–Trinajstić information content (AvgIpc) is 2.44. The topological polar surface area (TPSA) is 12.0 Å². The van der Waals surface area contributed by atoms with Crippen molar-refractivity contribution in [2.75, 3.05) is 12.8 Å². The van der Waals surface area contributed by atoms with E-state index < -0.39 is 0 Å². The third-order valence-electron chi connectivity index (χ3n) is 3.11. The first kappa shape index (κ1) is 15.5. The third kappa shape index (κ3) is 3.84. The van der Waals surface area contributed by atoms with Crippen LogP contribution in [0.15, 0.2) is 51.8 Å². The van der Waals surface area contributed by atoms with E-state index >= 15 is 0 Å². The molecule has 0 aromatic heterocycles. The zero-order chi connectivity index (χ0) is 14.5. The molecule has 0 saturated heterocycles. The van der Waals surface area contributed by atoms with Crippen molar-refractivity contribution in [2.24, 2.45) is 0 Å². The van der Waals surface area contributed by atoms with E-state index in [-0.39, 0.29) is 11.9 Å². The van der Waals surface area contributed by atoms with E-state index in [1.165, 1.54) is 10.5 Å². The second kappa shape index (κ2) is 7.25. The van der Waals surface area contributed by atoms with Crippen LogP contribution in [-0.4, -0.2) is 12.8 Å². The summed E-state index contributed by atoms with van der Waals surface area (Å²) in [5.74, 6) is 0.601. The zero-order valence-electron chi connectivity index (χ0n) is 11.5. The molecule has 0 aliphatic carbocycles. The van der Waals surface area contributed by atoms with E-state index in [0.29, 0.717) is 10.0 Å². The number of hydrogen-bond acceptors (Lipinski definition) is 2. The van der Waals surface area contributed by atoms with Crippen LogP contribution >= 0.6 is 27.7 Å². The van der Waals surface area contributed by atoms with Crippen molar-refractivity contribution in [3.8, 4) is 0 Å². The standard InChI is InChI=1S/C16H17BrFNS/c1-11-5-3-6-12(9-11)20-10-15(19-2)13-7-4-8-14(17)16(13)18/h3-9,15,19H,10H2,1-2H3. The summed E-state index contributed by atoms with van der Waals surface area (Å²) >= 11 is 4.97. The molecule has 0 spiro atoms. The molecule has 0 fully saturated rings. The van der Waals surface area contributed by atoms with Crippen molar-refractivity contribution in [3.63, 3.8) is 0 Å². The van der Waals surface area contributed by atoms with Crippen molar-refractivity contribution in [2.45, 2.75) is 17.9 Å². The molecule has 2 aromatic carbocycles. The monoisotopic (exact) mass is 353 g/mol. The van der Waals surface area contributed by atoms with E-state index in [9.17, 15) is 4.39 Å². The summed E-state index contributed by atoms with van der Waals surface area (Å²) in [6.07, 6.45) is 0. The van der Waals surface area contributed by atoms with Crippen LogP contribution in [0, 0.1) is 12.7 Å². The maximum Gasteiger partial charge on any atom is 0.142 e. The van der Waals surface area contributed by atoms with Gasteiger partial charge in [-0.1, -0.05) is 29.8 Å². The lowest BCUT2D eigenvalue weighted by Crippen LogP contribution is -2.20. The van der Waals surface area contributed by atoms with Gasteiger partial charge in [-0.3, -0.25) is 0 Å². The smallest absolute Gasteiger partial charge is 0.142 e. The molecule has 0 radical (unpaired) electrons. The van der Waals surface area contributed by atoms with Crippen LogP contribution in [0.4, 0.5) is 4.39 Å². The fourth-order valence-electron chi connectivity index (χ4n) is 2.00. The van der Waals surface area contributed by atoms with Crippen LogP contribution in [0.2, 0.25) is 0 Å². The Morgan fingerprint density at radius 1 is 1.25 bits per heavy atom. The normalized spacial score (nSPS) is 12.4. The van der Waals surface area contributed by atoms with Gasteiger partial charge in [-0.15, -0.1) is 11.8 Å². The Kier molecular flexibility index (Phi) is 5.64. The van der Waals surface area contributed by atoms with E-state index in [0.717, 1.165) is 5.75 Å². The second-order valence-electron chi connectivity index (χ2n) is 4.61. The van der Waals surface area contributed by atoms with Crippen LogP contribution in [-0.2, 0) is 0 Å². The van der Waals surface area contributed by atoms with Crippen molar-refractivity contribution < 1.29 is 4.39 Å². The minimum absolute atomic E-state index is 0.0157. The van der Waals surface area contributed by atoms with Crippen LogP contribution < -0.4 is 5.32 Å². The molecule has 1 unspecified atom stereocenters. The quantitative estimate of drug-likeness (QED) is 0.763. The first-order valence-corrected chi connectivity index (χ1v) is 8.20. The van der Waals surface area contributed by atoms with Gasteiger partial charge in [0, 0.05) is 22.3 Å². The van der Waals surface area contributed by atoms with Crippen molar-refractivity contribution >= 4 is 27.7 Å². The molecule has 2 aromatic rings. The van der Waals surface area contributed by atoms with Crippen molar-refractivity contribution in [1.82, 2.24) is 5.32 Å². The molecule has 0 heterocycles. The molecule has 2 rings (SSSR count). The van der Waals surface area contributed by atoms with Gasteiger partial charge in [0.15, 0.2) is 0 Å². The highest BCUT2D eigenvalue weighted by Crippen LogP contribution is 2.29. The fourth-order valence-corrected chi connectivity index (χ4v) is 3.53. The first-order valence-electron chi connectivity index (χ1n) is 6.42. The number of nitrogens with one attached hydrogen (secondary N) is 1. The average molecular weight is 354 g/mol. The van der Waals surface area contributed by atoms with E-state index in [1.807, 2.05) is 25.2 Å². The van der Waals surface area contributed by atoms with E-state index in [4.69, 9.17) is 0 Å². The molecule has 1 N–H and O–H groups in total. The number of benzene rings is 2. The number of halogens is 2. The van der Waals surface area contributed by atoms with Crippen LogP contribution in [0.5, 0.6) is 0 Å². The molecule has 0 aliphatic rings. The molecule has 0 saturated carbocycles. The van der Waals surface area contributed by atoms with Crippen molar-refractivity contribution in [3.05, 3.63) is 63.9 Å². The molecule has 0 bridgehead atoms. The molecule has 1 nitrogen and oxygen atoms in total. The Labute approximate surface area is 132 Å². The molecule has 20 heavy (non-hydrogen) atoms. The van der Waals surface area contributed by atoms with Crippen LogP contribution in [0.25, 0.3) is 0 Å². The van der Waals surface area contributed by atoms with Crippen LogP contribution in [0.3, 0.4) is 0 Å². The maximum absolute atomic E-state index is 14.1. The van der Waals surface area contributed by atoms with E-state index in [1.54, 1.807) is 17.8 Å². The zero-order valence-corrected chi connectivity index (χ0v) is 13.9. The lowest BCUT2D eigenvalue weighted by atomic mass is 10.1. The summed E-state index contributed by atoms with van der Waals surface area (Å²) in [4.78, 5) is 1.21. The molecular weight excluding hydrogens is 337 g/mol. The minimum atomic E-state index is -0.184. The van der Waals surface area contributed by atoms with Gasteiger partial charge >= 0.3 is 0 Å². The summed E-state index contributed by atoms with van der Waals surface area (Å²) < 4.78 is 14.6. The number of rotatable bonds is 5. The number of aryl methyl sites for hydroxylation is 1. The Hall–Kier alpha value is -0.840. The van der Waals surface area contributed by atoms with Gasteiger partial charge in [0.05, 0.1) is 4.47 Å². The van der Waals surface area contributed by atoms with Gasteiger partial charge in [0.2, 0.25) is 0 Å². The van der Waals surface area contributed by atoms with Crippen molar-refractivity contribution in [1.29, 1.82) is 0 Å². The van der Waals surface area contributed by atoms with Crippen LogP contribution in [0.1, 0.15) is 17.2 Å². The Balaban J connectivity index is 2.11. The first-order chi connectivity index (χ1) is 9.61. The summed E-state index contributed by atoms with van der Waals surface area (Å²) in [6, 6.07) is 13.8. The molecule has 0 amide bonds.